The summed E-state index contributed by atoms with van der Waals surface area (Å²) < 4.78 is 16.3. The summed E-state index contributed by atoms with van der Waals surface area (Å²) in [6.07, 6.45) is 2.00. The maximum atomic E-state index is 12.2. The van der Waals surface area contributed by atoms with Gasteiger partial charge in [0, 0.05) is 26.4 Å². The summed E-state index contributed by atoms with van der Waals surface area (Å²) in [4.78, 5) is 0. The van der Waals surface area contributed by atoms with Gasteiger partial charge >= 0.3 is 8.10 Å². The predicted molar refractivity (Wildman–Crippen MR) is 79.6 cm³/mol. The van der Waals surface area contributed by atoms with Crippen molar-refractivity contribution in [2.24, 2.45) is 0 Å². The summed E-state index contributed by atoms with van der Waals surface area (Å²) in [5.74, 6) is 0. The zero-order valence-electron chi connectivity index (χ0n) is 12.2. The molecule has 0 bridgehead atoms. The van der Waals surface area contributed by atoms with Crippen molar-refractivity contribution in [1.82, 2.24) is 9.34 Å². The highest BCUT2D eigenvalue weighted by atomic mass is 31.1. The van der Waals surface area contributed by atoms with Crippen LogP contribution in [0.4, 0.5) is 0 Å². The lowest BCUT2D eigenvalue weighted by molar-refractivity contribution is 0.454. The molecule has 0 radical (unpaired) electrons. The summed E-state index contributed by atoms with van der Waals surface area (Å²) in [5, 5.41) is 0. The third kappa shape index (κ3) is 7.68. The highest BCUT2D eigenvalue weighted by Crippen LogP contribution is 2.31. The molecule has 96 valence electrons. The molecule has 0 fully saturated rings. The van der Waals surface area contributed by atoms with Gasteiger partial charge in [-0.1, -0.05) is 48.6 Å². The zero-order valence-corrected chi connectivity index (χ0v) is 15.1. The topological polar surface area (TPSA) is 23.6 Å². The van der Waals surface area contributed by atoms with Crippen LogP contribution in [0.2, 0.25) is 39.3 Å². The fraction of sp³-hybridized carbons (Fsp3) is 1.00. The number of hydrogen-bond acceptors (Lipinski definition) is 1. The molecule has 0 amide bonds. The van der Waals surface area contributed by atoms with Crippen LogP contribution in [0, 0.1) is 0 Å². The first-order chi connectivity index (χ1) is 6.92. The number of rotatable bonds is 6. The standard InChI is InChI=1S/C10H28N2OPSi2/c1-11(9-15(3,4)5)14(13)12(2)10-16(6,7)8/h9-10H2,1-8H3/q+1. The van der Waals surface area contributed by atoms with Crippen molar-refractivity contribution in [2.45, 2.75) is 39.3 Å². The Bertz CT molecular complexity index is 224. The van der Waals surface area contributed by atoms with Crippen LogP contribution in [0.1, 0.15) is 0 Å². The second-order valence-electron chi connectivity index (χ2n) is 7.01. The summed E-state index contributed by atoms with van der Waals surface area (Å²) in [5.41, 5.74) is 0. The maximum Gasteiger partial charge on any atom is 0.536 e. The van der Waals surface area contributed by atoms with Crippen LogP contribution in [0.5, 0.6) is 0 Å². The molecule has 0 aromatic heterocycles. The van der Waals surface area contributed by atoms with Crippen molar-refractivity contribution < 1.29 is 4.57 Å². The summed E-state index contributed by atoms with van der Waals surface area (Å²) in [7, 11) is 0.300. The normalized spacial score (nSPS) is 13.6. The molecule has 0 saturated heterocycles. The van der Waals surface area contributed by atoms with Crippen molar-refractivity contribution in [2.75, 3.05) is 26.4 Å². The molecule has 0 aliphatic heterocycles. The Hall–Kier alpha value is 0.454. The molecular weight excluding hydrogens is 251 g/mol. The molecule has 0 aromatic rings. The van der Waals surface area contributed by atoms with Crippen LogP contribution in [0.15, 0.2) is 0 Å². The van der Waals surface area contributed by atoms with Gasteiger partial charge in [0.2, 0.25) is 0 Å². The first-order valence-electron chi connectivity index (χ1n) is 5.82. The molecule has 0 rings (SSSR count). The second-order valence-corrected chi connectivity index (χ2v) is 19.8. The Morgan fingerprint density at radius 3 is 1.25 bits per heavy atom. The van der Waals surface area contributed by atoms with Gasteiger partial charge in [-0.25, -0.2) is 0 Å². The number of hydrogen-bond donors (Lipinski definition) is 0. The molecule has 0 aliphatic carbocycles. The van der Waals surface area contributed by atoms with Crippen LogP contribution >= 0.6 is 8.10 Å². The lowest BCUT2D eigenvalue weighted by Gasteiger charge is -2.21. The van der Waals surface area contributed by atoms with E-state index in [1.807, 2.05) is 23.4 Å². The third-order valence-electron chi connectivity index (χ3n) is 1.99. The van der Waals surface area contributed by atoms with E-state index < -0.39 is 24.3 Å². The van der Waals surface area contributed by atoms with E-state index in [0.29, 0.717) is 0 Å². The molecule has 0 atom stereocenters. The van der Waals surface area contributed by atoms with Gasteiger partial charge in [0.05, 0.1) is 16.1 Å². The Balaban J connectivity index is 4.34. The molecule has 0 N–H and O–H groups in total. The minimum Gasteiger partial charge on any atom is -0.0849 e. The third-order valence-corrected chi connectivity index (χ3v) is 6.82. The van der Waals surface area contributed by atoms with Crippen LogP contribution in [0.25, 0.3) is 0 Å². The molecule has 6 heteroatoms. The molecule has 0 heterocycles. The van der Waals surface area contributed by atoms with Crippen molar-refractivity contribution in [3.8, 4) is 0 Å². The van der Waals surface area contributed by atoms with Crippen molar-refractivity contribution in [3.63, 3.8) is 0 Å². The van der Waals surface area contributed by atoms with E-state index >= 15 is 0 Å². The van der Waals surface area contributed by atoms with E-state index in [9.17, 15) is 4.57 Å². The molecule has 0 unspecified atom stereocenters. The molecule has 16 heavy (non-hydrogen) atoms. The van der Waals surface area contributed by atoms with E-state index in [0.717, 1.165) is 12.3 Å². The van der Waals surface area contributed by atoms with Gasteiger partial charge in [0.1, 0.15) is 0 Å². The predicted octanol–water partition coefficient (Wildman–Crippen LogP) is 3.26. The fourth-order valence-corrected chi connectivity index (χ4v) is 8.54. The second kappa shape index (κ2) is 5.87. The molecule has 0 aromatic carbocycles. The number of nitrogens with zero attached hydrogens (tertiary/aromatic N) is 2. The van der Waals surface area contributed by atoms with Gasteiger partial charge in [-0.15, -0.1) is 0 Å². The van der Waals surface area contributed by atoms with Gasteiger partial charge in [-0.3, -0.25) is 0 Å². The van der Waals surface area contributed by atoms with E-state index in [-0.39, 0.29) is 0 Å². The zero-order chi connectivity index (χ0) is 13.1. The van der Waals surface area contributed by atoms with Crippen LogP contribution in [-0.4, -0.2) is 51.9 Å². The Kier molecular flexibility index (Phi) is 6.04. The summed E-state index contributed by atoms with van der Waals surface area (Å²) in [6.45, 7) is 13.9. The minimum atomic E-state index is -1.35. The Labute approximate surface area is 104 Å². The minimum absolute atomic E-state index is 0.998. The average molecular weight is 279 g/mol. The quantitative estimate of drug-likeness (QED) is 0.551. The van der Waals surface area contributed by atoms with Gasteiger partial charge in [-0.2, -0.15) is 0 Å². The molecule has 0 spiro atoms. The highest BCUT2D eigenvalue weighted by Gasteiger charge is 2.35. The molecule has 3 nitrogen and oxygen atoms in total. The summed E-state index contributed by atoms with van der Waals surface area (Å²) in [6, 6.07) is 0. The molecule has 0 aliphatic rings. The van der Waals surface area contributed by atoms with Gasteiger partial charge < -0.3 is 0 Å². The van der Waals surface area contributed by atoms with Crippen molar-refractivity contribution >= 4 is 24.3 Å². The Morgan fingerprint density at radius 1 is 0.812 bits per heavy atom. The maximum absolute atomic E-state index is 12.2. The smallest absolute Gasteiger partial charge is 0.0849 e. The van der Waals surface area contributed by atoms with E-state index in [1.54, 1.807) is 0 Å². The average Bonchev–Trinajstić information content (AvgIpc) is 1.96. The van der Waals surface area contributed by atoms with Crippen LogP contribution in [-0.2, 0) is 4.57 Å². The lowest BCUT2D eigenvalue weighted by Crippen LogP contribution is -2.39. The van der Waals surface area contributed by atoms with Crippen LogP contribution < -0.4 is 0 Å². The monoisotopic (exact) mass is 279 g/mol. The Morgan fingerprint density at radius 2 is 1.06 bits per heavy atom. The SMILES string of the molecule is CN(C[Si](C)(C)C)[P+](=O)N(C)C[Si](C)(C)C. The van der Waals surface area contributed by atoms with E-state index in [2.05, 4.69) is 39.3 Å². The molecule has 0 saturated carbocycles. The highest BCUT2D eigenvalue weighted by molar-refractivity contribution is 7.39. The largest absolute Gasteiger partial charge is 0.536 e. The van der Waals surface area contributed by atoms with Crippen molar-refractivity contribution in [1.29, 1.82) is 0 Å². The first kappa shape index (κ1) is 16.5. The van der Waals surface area contributed by atoms with Gasteiger partial charge in [0.15, 0.2) is 0 Å². The fourth-order valence-electron chi connectivity index (χ4n) is 1.75. The lowest BCUT2D eigenvalue weighted by atomic mass is 11.2. The van der Waals surface area contributed by atoms with Crippen LogP contribution in [0.3, 0.4) is 0 Å². The molecular formula is C10H28N2OPSi2+. The van der Waals surface area contributed by atoms with Crippen molar-refractivity contribution in [3.05, 3.63) is 0 Å². The van der Waals surface area contributed by atoms with Gasteiger partial charge in [-0.05, 0) is 4.57 Å². The van der Waals surface area contributed by atoms with Gasteiger partial charge in [0.25, 0.3) is 0 Å². The van der Waals surface area contributed by atoms with E-state index in [4.69, 9.17) is 0 Å². The summed E-state index contributed by atoms with van der Waals surface area (Å²) >= 11 is 0. The van der Waals surface area contributed by atoms with E-state index in [1.165, 1.54) is 0 Å². The first-order valence-corrected chi connectivity index (χ1v) is 14.4.